The third-order valence-electron chi connectivity index (χ3n) is 4.46. The van der Waals surface area contributed by atoms with Crippen molar-refractivity contribution in [1.82, 2.24) is 0 Å². The summed E-state index contributed by atoms with van der Waals surface area (Å²) in [7, 11) is 0. The van der Waals surface area contributed by atoms with Crippen LogP contribution in [0.15, 0.2) is 30.3 Å². The average Bonchev–Trinajstić information content (AvgIpc) is 3.31. The normalized spacial score (nSPS) is 19.0. The Balaban J connectivity index is 1.74. The van der Waals surface area contributed by atoms with E-state index in [2.05, 4.69) is 17.4 Å². The summed E-state index contributed by atoms with van der Waals surface area (Å²) in [4.78, 5) is 25.8. The summed E-state index contributed by atoms with van der Waals surface area (Å²) in [6.45, 7) is 5.93. The highest BCUT2D eigenvalue weighted by Crippen LogP contribution is 2.48. The first kappa shape index (κ1) is 16.7. The Morgan fingerprint density at radius 1 is 1.25 bits per heavy atom. The molecule has 2 atom stereocenters. The molecule has 1 amide bonds. The highest BCUT2D eigenvalue weighted by molar-refractivity contribution is 7.16. The van der Waals surface area contributed by atoms with Crippen LogP contribution in [0.1, 0.15) is 45.6 Å². The number of ether oxygens (including phenoxy) is 1. The van der Waals surface area contributed by atoms with Gasteiger partial charge in [-0.05, 0) is 44.2 Å². The van der Waals surface area contributed by atoms with E-state index < -0.39 is 0 Å². The first-order chi connectivity index (χ1) is 11.5. The van der Waals surface area contributed by atoms with E-state index in [1.54, 1.807) is 6.92 Å². The lowest BCUT2D eigenvalue weighted by atomic mass is 10.1. The van der Waals surface area contributed by atoms with Crippen LogP contribution in [0.2, 0.25) is 0 Å². The third kappa shape index (κ3) is 3.22. The van der Waals surface area contributed by atoms with Crippen molar-refractivity contribution in [3.8, 4) is 0 Å². The average molecular weight is 343 g/mol. The Bertz CT molecular complexity index is 766. The molecule has 126 valence electrons. The molecule has 1 aliphatic rings. The number of anilines is 1. The molecule has 1 aromatic heterocycles. The van der Waals surface area contributed by atoms with Gasteiger partial charge in [0, 0.05) is 10.8 Å². The summed E-state index contributed by atoms with van der Waals surface area (Å²) in [6.07, 6.45) is 0.855. The number of rotatable bonds is 5. The number of amides is 1. The first-order valence-corrected chi connectivity index (χ1v) is 8.97. The monoisotopic (exact) mass is 343 g/mol. The van der Waals surface area contributed by atoms with Crippen molar-refractivity contribution in [2.45, 2.75) is 33.1 Å². The SMILES string of the molecule is CCOC(=O)c1c(NC(=O)C2CC2c2ccccc2)sc(C)c1C. The molecule has 3 rings (SSSR count). The number of carbonyl (C=O) groups excluding carboxylic acids is 2. The van der Waals surface area contributed by atoms with E-state index in [4.69, 9.17) is 4.74 Å². The molecule has 2 unspecified atom stereocenters. The molecule has 0 spiro atoms. The molecule has 1 aromatic carbocycles. The zero-order chi connectivity index (χ0) is 17.3. The minimum atomic E-state index is -0.370. The zero-order valence-electron chi connectivity index (χ0n) is 14.1. The Morgan fingerprint density at radius 2 is 1.96 bits per heavy atom. The maximum Gasteiger partial charge on any atom is 0.341 e. The maximum atomic E-state index is 12.6. The van der Waals surface area contributed by atoms with Crippen LogP contribution in [0.3, 0.4) is 0 Å². The van der Waals surface area contributed by atoms with Crippen LogP contribution in [-0.4, -0.2) is 18.5 Å². The van der Waals surface area contributed by atoms with Gasteiger partial charge >= 0.3 is 5.97 Å². The second-order valence-electron chi connectivity index (χ2n) is 6.06. The van der Waals surface area contributed by atoms with Crippen LogP contribution < -0.4 is 5.32 Å². The van der Waals surface area contributed by atoms with Gasteiger partial charge in [0.2, 0.25) is 5.91 Å². The standard InChI is InChI=1S/C19H21NO3S/c1-4-23-19(22)16-11(2)12(3)24-18(16)20-17(21)15-10-14(15)13-8-6-5-7-9-13/h5-9,14-15H,4,10H2,1-3H3,(H,20,21). The molecule has 24 heavy (non-hydrogen) atoms. The number of thiophene rings is 1. The number of hydrogen-bond donors (Lipinski definition) is 1. The summed E-state index contributed by atoms with van der Waals surface area (Å²) in [6, 6.07) is 10.1. The van der Waals surface area contributed by atoms with Gasteiger partial charge in [-0.3, -0.25) is 4.79 Å². The Labute approximate surface area is 145 Å². The lowest BCUT2D eigenvalue weighted by Gasteiger charge is -2.07. The predicted molar refractivity (Wildman–Crippen MR) is 95.7 cm³/mol. The summed E-state index contributed by atoms with van der Waals surface area (Å²) >= 11 is 1.43. The van der Waals surface area contributed by atoms with Crippen molar-refractivity contribution in [2.75, 3.05) is 11.9 Å². The van der Waals surface area contributed by atoms with E-state index in [1.807, 2.05) is 32.0 Å². The van der Waals surface area contributed by atoms with Crippen molar-refractivity contribution in [2.24, 2.45) is 5.92 Å². The maximum absolute atomic E-state index is 12.6. The van der Waals surface area contributed by atoms with E-state index in [9.17, 15) is 9.59 Å². The summed E-state index contributed by atoms with van der Waals surface area (Å²) in [5.41, 5.74) is 2.57. The molecule has 2 aromatic rings. The molecule has 1 aliphatic carbocycles. The van der Waals surface area contributed by atoms with Crippen LogP contribution in [0.25, 0.3) is 0 Å². The number of aryl methyl sites for hydroxylation is 1. The number of hydrogen-bond acceptors (Lipinski definition) is 4. The first-order valence-electron chi connectivity index (χ1n) is 8.15. The van der Waals surface area contributed by atoms with Crippen molar-refractivity contribution in [1.29, 1.82) is 0 Å². The van der Waals surface area contributed by atoms with Crippen LogP contribution in [0, 0.1) is 19.8 Å². The lowest BCUT2D eigenvalue weighted by Crippen LogP contribution is -2.16. The molecular weight excluding hydrogens is 322 g/mol. The minimum Gasteiger partial charge on any atom is -0.462 e. The van der Waals surface area contributed by atoms with Gasteiger partial charge in [0.25, 0.3) is 0 Å². The summed E-state index contributed by atoms with van der Waals surface area (Å²) < 4.78 is 5.13. The number of nitrogens with one attached hydrogen (secondary N) is 1. The topological polar surface area (TPSA) is 55.4 Å². The van der Waals surface area contributed by atoms with Crippen molar-refractivity contribution in [3.63, 3.8) is 0 Å². The fraction of sp³-hybridized carbons (Fsp3) is 0.368. The predicted octanol–water partition coefficient (Wildman–Crippen LogP) is 4.28. The number of esters is 1. The molecule has 0 aliphatic heterocycles. The number of carbonyl (C=O) groups is 2. The van der Waals surface area contributed by atoms with Gasteiger partial charge in [0.05, 0.1) is 12.2 Å². The summed E-state index contributed by atoms with van der Waals surface area (Å²) in [5.74, 6) is -0.134. The van der Waals surface area contributed by atoms with E-state index >= 15 is 0 Å². The van der Waals surface area contributed by atoms with Gasteiger partial charge in [-0.1, -0.05) is 30.3 Å². The van der Waals surface area contributed by atoms with Gasteiger partial charge in [0.1, 0.15) is 5.00 Å². The minimum absolute atomic E-state index is 0.0179. The Morgan fingerprint density at radius 3 is 2.62 bits per heavy atom. The number of benzene rings is 1. The van der Waals surface area contributed by atoms with E-state index in [-0.39, 0.29) is 23.7 Å². The van der Waals surface area contributed by atoms with Gasteiger partial charge in [0.15, 0.2) is 0 Å². The second kappa shape index (κ2) is 6.77. The van der Waals surface area contributed by atoms with E-state index in [1.165, 1.54) is 16.9 Å². The Kier molecular flexibility index (Phi) is 4.71. The molecule has 0 bridgehead atoms. The van der Waals surface area contributed by atoms with Crippen LogP contribution >= 0.6 is 11.3 Å². The highest BCUT2D eigenvalue weighted by atomic mass is 32.1. The molecule has 1 N–H and O–H groups in total. The fourth-order valence-corrected chi connectivity index (χ4v) is 3.97. The van der Waals surface area contributed by atoms with Crippen LogP contribution in [0.5, 0.6) is 0 Å². The van der Waals surface area contributed by atoms with Crippen LogP contribution in [0.4, 0.5) is 5.00 Å². The smallest absolute Gasteiger partial charge is 0.341 e. The fourth-order valence-electron chi connectivity index (χ4n) is 2.92. The third-order valence-corrected chi connectivity index (χ3v) is 5.58. The highest BCUT2D eigenvalue weighted by Gasteiger charge is 2.44. The summed E-state index contributed by atoms with van der Waals surface area (Å²) in [5, 5.41) is 3.56. The second-order valence-corrected chi connectivity index (χ2v) is 7.28. The zero-order valence-corrected chi connectivity index (χ0v) is 14.9. The van der Waals surface area contributed by atoms with E-state index in [0.29, 0.717) is 17.2 Å². The largest absolute Gasteiger partial charge is 0.462 e. The molecule has 4 nitrogen and oxygen atoms in total. The molecule has 1 heterocycles. The molecule has 5 heteroatoms. The van der Waals surface area contributed by atoms with Gasteiger partial charge in [-0.2, -0.15) is 0 Å². The van der Waals surface area contributed by atoms with Gasteiger partial charge in [-0.15, -0.1) is 11.3 Å². The lowest BCUT2D eigenvalue weighted by molar-refractivity contribution is -0.117. The van der Waals surface area contributed by atoms with Crippen LogP contribution in [-0.2, 0) is 9.53 Å². The molecule has 0 radical (unpaired) electrons. The van der Waals surface area contributed by atoms with Crippen molar-refractivity contribution >= 4 is 28.2 Å². The molecule has 1 fully saturated rings. The van der Waals surface area contributed by atoms with E-state index in [0.717, 1.165) is 16.9 Å². The van der Waals surface area contributed by atoms with Crippen molar-refractivity contribution < 1.29 is 14.3 Å². The van der Waals surface area contributed by atoms with Gasteiger partial charge < -0.3 is 10.1 Å². The molecule has 1 saturated carbocycles. The van der Waals surface area contributed by atoms with Crippen molar-refractivity contribution in [3.05, 3.63) is 51.9 Å². The van der Waals surface area contributed by atoms with Gasteiger partial charge in [-0.25, -0.2) is 4.79 Å². The molecule has 0 saturated heterocycles. The Hall–Kier alpha value is -2.14. The molecular formula is C19H21NO3S. The quantitative estimate of drug-likeness (QED) is 0.824.